The highest BCUT2D eigenvalue weighted by Crippen LogP contribution is 2.19. The van der Waals surface area contributed by atoms with Crippen LogP contribution in [-0.4, -0.2) is 54.4 Å². The van der Waals surface area contributed by atoms with Gasteiger partial charge in [0.15, 0.2) is 6.61 Å². The number of thiophene rings is 1. The van der Waals surface area contributed by atoms with E-state index in [9.17, 15) is 9.59 Å². The second kappa shape index (κ2) is 8.01. The number of ether oxygens (including phenoxy) is 1. The second-order valence-electron chi connectivity index (χ2n) is 5.83. The zero-order valence-corrected chi connectivity index (χ0v) is 16.3. The van der Waals surface area contributed by atoms with Crippen molar-refractivity contribution < 1.29 is 14.3 Å². The van der Waals surface area contributed by atoms with E-state index in [1.807, 2.05) is 48.2 Å². The number of piperazine rings is 1. The Hall–Kier alpha value is -1.86. The topological polar surface area (TPSA) is 49.9 Å². The molecule has 7 heteroatoms. The number of hydrogen-bond donors (Lipinski definition) is 0. The Morgan fingerprint density at radius 2 is 1.68 bits per heavy atom. The predicted molar refractivity (Wildman–Crippen MR) is 101 cm³/mol. The minimum Gasteiger partial charge on any atom is -0.484 e. The fourth-order valence-electron chi connectivity index (χ4n) is 2.63. The van der Waals surface area contributed by atoms with Gasteiger partial charge < -0.3 is 14.5 Å². The van der Waals surface area contributed by atoms with E-state index in [0.29, 0.717) is 31.9 Å². The van der Waals surface area contributed by atoms with Gasteiger partial charge in [0.2, 0.25) is 0 Å². The van der Waals surface area contributed by atoms with Crippen molar-refractivity contribution in [2.45, 2.75) is 6.92 Å². The van der Waals surface area contributed by atoms with E-state index in [1.165, 1.54) is 11.3 Å². The van der Waals surface area contributed by atoms with E-state index < -0.39 is 0 Å². The molecule has 1 aliphatic rings. The first-order chi connectivity index (χ1) is 12.0. The number of aryl methyl sites for hydroxylation is 1. The number of nitrogens with zero attached hydrogens (tertiary/aromatic N) is 2. The van der Waals surface area contributed by atoms with Crippen LogP contribution in [0.2, 0.25) is 0 Å². The highest BCUT2D eigenvalue weighted by Gasteiger charge is 2.25. The summed E-state index contributed by atoms with van der Waals surface area (Å²) < 4.78 is 6.50. The summed E-state index contributed by atoms with van der Waals surface area (Å²) in [5, 5.41) is 0. The maximum atomic E-state index is 12.4. The van der Waals surface area contributed by atoms with Gasteiger partial charge in [-0.15, -0.1) is 11.3 Å². The SMILES string of the molecule is Cc1ccc(C(=O)N2CCN(C(=O)COc3ccc(Br)cc3)CC2)s1. The molecule has 1 fully saturated rings. The number of carbonyl (C=O) groups excluding carboxylic acids is 2. The molecule has 0 saturated carbocycles. The quantitative estimate of drug-likeness (QED) is 0.759. The molecule has 5 nitrogen and oxygen atoms in total. The van der Waals surface area contributed by atoms with Crippen molar-refractivity contribution in [3.8, 4) is 5.75 Å². The molecule has 1 aliphatic heterocycles. The minimum atomic E-state index is -0.0537. The van der Waals surface area contributed by atoms with E-state index in [4.69, 9.17) is 4.74 Å². The number of rotatable bonds is 4. The Kier molecular flexibility index (Phi) is 5.75. The molecule has 1 aromatic carbocycles. The average molecular weight is 423 g/mol. The van der Waals surface area contributed by atoms with Crippen molar-refractivity contribution in [3.05, 3.63) is 50.6 Å². The summed E-state index contributed by atoms with van der Waals surface area (Å²) in [6.07, 6.45) is 0. The highest BCUT2D eigenvalue weighted by molar-refractivity contribution is 9.10. The lowest BCUT2D eigenvalue weighted by Crippen LogP contribution is -2.51. The zero-order chi connectivity index (χ0) is 17.8. The molecule has 0 N–H and O–H groups in total. The molecule has 2 heterocycles. The maximum Gasteiger partial charge on any atom is 0.264 e. The number of hydrogen-bond acceptors (Lipinski definition) is 4. The fraction of sp³-hybridized carbons (Fsp3) is 0.333. The van der Waals surface area contributed by atoms with Crippen LogP contribution in [0.5, 0.6) is 5.75 Å². The Morgan fingerprint density at radius 1 is 1.04 bits per heavy atom. The van der Waals surface area contributed by atoms with Crippen LogP contribution < -0.4 is 4.74 Å². The lowest BCUT2D eigenvalue weighted by Gasteiger charge is -2.34. The van der Waals surface area contributed by atoms with Crippen molar-refractivity contribution in [2.24, 2.45) is 0 Å². The standard InChI is InChI=1S/C18H19BrN2O3S/c1-13-2-7-16(25-13)18(23)21-10-8-20(9-11-21)17(22)12-24-15-5-3-14(19)4-6-15/h2-7H,8-12H2,1H3. The zero-order valence-electron chi connectivity index (χ0n) is 13.9. The Morgan fingerprint density at radius 3 is 2.28 bits per heavy atom. The first-order valence-corrected chi connectivity index (χ1v) is 9.66. The Labute approximate surface area is 159 Å². The normalized spacial score (nSPS) is 14.5. The smallest absolute Gasteiger partial charge is 0.264 e. The number of halogens is 1. The van der Waals surface area contributed by atoms with Crippen LogP contribution in [0.4, 0.5) is 0 Å². The van der Waals surface area contributed by atoms with Gasteiger partial charge in [-0.3, -0.25) is 9.59 Å². The minimum absolute atomic E-state index is 0.0136. The molecule has 0 atom stereocenters. The lowest BCUT2D eigenvalue weighted by molar-refractivity contribution is -0.134. The molecule has 1 saturated heterocycles. The van der Waals surface area contributed by atoms with Crippen LogP contribution in [0, 0.1) is 6.92 Å². The molecular formula is C18H19BrN2O3S. The summed E-state index contributed by atoms with van der Waals surface area (Å²) >= 11 is 4.87. The Balaban J connectivity index is 1.47. The van der Waals surface area contributed by atoms with Crippen molar-refractivity contribution >= 4 is 39.1 Å². The summed E-state index contributed by atoms with van der Waals surface area (Å²) in [7, 11) is 0. The van der Waals surface area contributed by atoms with Crippen LogP contribution in [-0.2, 0) is 4.79 Å². The van der Waals surface area contributed by atoms with E-state index in [0.717, 1.165) is 14.2 Å². The highest BCUT2D eigenvalue weighted by atomic mass is 79.9. The van der Waals surface area contributed by atoms with Gasteiger partial charge in [-0.2, -0.15) is 0 Å². The molecule has 132 valence electrons. The molecule has 0 unspecified atom stereocenters. The predicted octanol–water partition coefficient (Wildman–Crippen LogP) is 3.18. The number of carbonyl (C=O) groups is 2. The van der Waals surface area contributed by atoms with E-state index >= 15 is 0 Å². The molecule has 2 amide bonds. The summed E-state index contributed by atoms with van der Waals surface area (Å²) in [5.41, 5.74) is 0. The molecule has 0 aliphatic carbocycles. The lowest BCUT2D eigenvalue weighted by atomic mass is 10.3. The van der Waals surface area contributed by atoms with Crippen LogP contribution in [0.25, 0.3) is 0 Å². The van der Waals surface area contributed by atoms with Crippen molar-refractivity contribution in [1.82, 2.24) is 9.80 Å². The van der Waals surface area contributed by atoms with Crippen molar-refractivity contribution in [3.63, 3.8) is 0 Å². The van der Waals surface area contributed by atoms with Crippen molar-refractivity contribution in [1.29, 1.82) is 0 Å². The molecule has 1 aromatic heterocycles. The summed E-state index contributed by atoms with van der Waals surface area (Å²) in [5.74, 6) is 0.664. The molecule has 3 rings (SSSR count). The van der Waals surface area contributed by atoms with E-state index in [1.54, 1.807) is 4.90 Å². The van der Waals surface area contributed by atoms with Gasteiger partial charge in [-0.1, -0.05) is 15.9 Å². The van der Waals surface area contributed by atoms with Gasteiger partial charge >= 0.3 is 0 Å². The number of benzene rings is 1. The molecule has 2 aromatic rings. The van der Waals surface area contributed by atoms with Gasteiger partial charge in [0.25, 0.3) is 11.8 Å². The van der Waals surface area contributed by atoms with Crippen molar-refractivity contribution in [2.75, 3.05) is 32.8 Å². The van der Waals surface area contributed by atoms with E-state index in [2.05, 4.69) is 15.9 Å². The van der Waals surface area contributed by atoms with Gasteiger partial charge in [-0.25, -0.2) is 0 Å². The largest absolute Gasteiger partial charge is 0.484 e. The third-order valence-electron chi connectivity index (χ3n) is 4.05. The summed E-state index contributed by atoms with van der Waals surface area (Å²) in [6.45, 7) is 4.19. The molecule has 0 radical (unpaired) electrons. The third kappa shape index (κ3) is 4.61. The first kappa shape index (κ1) is 17.9. The maximum absolute atomic E-state index is 12.4. The first-order valence-electron chi connectivity index (χ1n) is 8.05. The Bertz CT molecular complexity index is 752. The number of amides is 2. The van der Waals surface area contributed by atoms with Crippen LogP contribution in [0.15, 0.2) is 40.9 Å². The average Bonchev–Trinajstić information content (AvgIpc) is 3.07. The van der Waals surface area contributed by atoms with Gasteiger partial charge in [-0.05, 0) is 43.3 Å². The monoisotopic (exact) mass is 422 g/mol. The van der Waals surface area contributed by atoms with E-state index in [-0.39, 0.29) is 18.4 Å². The molecule has 0 bridgehead atoms. The van der Waals surface area contributed by atoms with Gasteiger partial charge in [0.05, 0.1) is 4.88 Å². The second-order valence-corrected chi connectivity index (χ2v) is 8.03. The molecule has 0 spiro atoms. The summed E-state index contributed by atoms with van der Waals surface area (Å²) in [4.78, 5) is 30.2. The molecule has 25 heavy (non-hydrogen) atoms. The fourth-order valence-corrected chi connectivity index (χ4v) is 3.73. The third-order valence-corrected chi connectivity index (χ3v) is 5.56. The van der Waals surface area contributed by atoms with Gasteiger partial charge in [0, 0.05) is 35.5 Å². The van der Waals surface area contributed by atoms with Crippen LogP contribution in [0.3, 0.4) is 0 Å². The van der Waals surface area contributed by atoms with Gasteiger partial charge in [0.1, 0.15) is 5.75 Å². The summed E-state index contributed by atoms with van der Waals surface area (Å²) in [6, 6.07) is 11.2. The van der Waals surface area contributed by atoms with Crippen LogP contribution in [0.1, 0.15) is 14.5 Å². The van der Waals surface area contributed by atoms with Crippen LogP contribution >= 0.6 is 27.3 Å². The molecular weight excluding hydrogens is 404 g/mol.